The van der Waals surface area contributed by atoms with E-state index in [4.69, 9.17) is 9.47 Å². The minimum atomic E-state index is -0.756. The number of aromatic nitrogens is 1. The quantitative estimate of drug-likeness (QED) is 0.459. The number of aliphatic hydroxyl groups excluding tert-OH is 1. The smallest absolute Gasteiger partial charge is 0.228 e. The van der Waals surface area contributed by atoms with Gasteiger partial charge in [0.15, 0.2) is 0 Å². The first kappa shape index (κ1) is 21.0. The van der Waals surface area contributed by atoms with Gasteiger partial charge in [-0.1, -0.05) is 40.8 Å². The third-order valence-corrected chi connectivity index (χ3v) is 7.36. The second-order valence-electron chi connectivity index (χ2n) is 8.02. The minimum Gasteiger partial charge on any atom is -0.490 e. The highest BCUT2D eigenvalue weighted by Crippen LogP contribution is 2.47. The Bertz CT molecular complexity index is 860. The van der Waals surface area contributed by atoms with Gasteiger partial charge in [0.05, 0.1) is 17.7 Å². The highest BCUT2D eigenvalue weighted by molar-refractivity contribution is 14.1. The highest BCUT2D eigenvalue weighted by Gasteiger charge is 2.53. The number of para-hydroxylation sites is 1. The van der Waals surface area contributed by atoms with E-state index in [0.717, 1.165) is 16.2 Å². The molecule has 1 amide bonds. The van der Waals surface area contributed by atoms with Gasteiger partial charge in [-0.25, -0.2) is 0 Å². The lowest BCUT2D eigenvalue weighted by atomic mass is 9.91. The molecule has 0 aliphatic carbocycles. The maximum atomic E-state index is 13.9. The van der Waals surface area contributed by atoms with Crippen molar-refractivity contribution >= 4 is 39.8 Å². The van der Waals surface area contributed by atoms with E-state index in [9.17, 15) is 9.90 Å². The summed E-state index contributed by atoms with van der Waals surface area (Å²) in [5.74, 6) is 0.479. The average Bonchev–Trinajstić information content (AvgIpc) is 3.31. The number of alkyl halides is 1. The molecule has 2 aliphatic heterocycles. The van der Waals surface area contributed by atoms with Crippen LogP contribution in [-0.4, -0.2) is 49.9 Å². The second kappa shape index (κ2) is 8.49. The Morgan fingerprint density at radius 2 is 2.24 bits per heavy atom. The summed E-state index contributed by atoms with van der Waals surface area (Å²) in [4.78, 5) is 20.9. The van der Waals surface area contributed by atoms with Crippen molar-refractivity contribution in [3.05, 3.63) is 46.4 Å². The fourth-order valence-electron chi connectivity index (χ4n) is 4.33. The first-order valence-corrected chi connectivity index (χ1v) is 12.2. The third-order valence-electron chi connectivity index (χ3n) is 5.54. The number of hydrogen-bond donors (Lipinski definition) is 1. The monoisotopic (exact) mass is 528 g/mol. The number of benzene rings is 1. The number of thiazole rings is 1. The lowest BCUT2D eigenvalue weighted by Gasteiger charge is -2.38. The molecule has 6 nitrogen and oxygen atoms in total. The number of aliphatic hydroxyl groups is 1. The molecule has 3 heterocycles. The predicted molar refractivity (Wildman–Crippen MR) is 119 cm³/mol. The fraction of sp³-hybridized carbons (Fsp3) is 0.524. The zero-order chi connectivity index (χ0) is 20.6. The Morgan fingerprint density at radius 1 is 1.45 bits per heavy atom. The lowest BCUT2D eigenvalue weighted by Crippen LogP contribution is -2.49. The molecule has 1 N–H and O–H groups in total. The summed E-state index contributed by atoms with van der Waals surface area (Å²) in [6.45, 7) is 4.29. The topological polar surface area (TPSA) is 71.9 Å². The largest absolute Gasteiger partial charge is 0.490 e. The van der Waals surface area contributed by atoms with Crippen LogP contribution in [0.1, 0.15) is 36.8 Å². The SMILES string of the molecule is CC1(C)O[C@@H]2COc3ccccc3[C@@H]2N1C(=O)[C@H](Cc1cncs1)C[C@H](O)CI. The van der Waals surface area contributed by atoms with E-state index in [-0.39, 0.29) is 24.0 Å². The van der Waals surface area contributed by atoms with E-state index in [2.05, 4.69) is 27.6 Å². The summed E-state index contributed by atoms with van der Waals surface area (Å²) < 4.78 is 12.7. The standard InChI is InChI=1S/C21H25IN2O4S/c1-21(2)24(19-16-5-3-4-6-17(16)27-11-18(19)28-21)20(26)13(7-14(25)9-22)8-15-10-23-12-29-15/h3-6,10,12-14,18-19,25H,7-9,11H2,1-2H3/t13-,14-,18+,19-/m0/s1. The number of halogens is 1. The van der Waals surface area contributed by atoms with Gasteiger partial charge in [-0.05, 0) is 32.8 Å². The molecule has 0 unspecified atom stereocenters. The molecule has 0 saturated carbocycles. The summed E-state index contributed by atoms with van der Waals surface area (Å²) in [5.41, 5.74) is 2.00. The van der Waals surface area contributed by atoms with Crippen LogP contribution in [0.4, 0.5) is 0 Å². The van der Waals surface area contributed by atoms with Gasteiger partial charge >= 0.3 is 0 Å². The number of amides is 1. The van der Waals surface area contributed by atoms with Crippen LogP contribution in [0.2, 0.25) is 0 Å². The van der Waals surface area contributed by atoms with Gasteiger partial charge in [0, 0.05) is 27.0 Å². The van der Waals surface area contributed by atoms with E-state index in [1.807, 2.05) is 43.0 Å². The van der Waals surface area contributed by atoms with Crippen LogP contribution in [0.3, 0.4) is 0 Å². The molecule has 4 rings (SSSR count). The van der Waals surface area contributed by atoms with Crippen LogP contribution >= 0.6 is 33.9 Å². The molecule has 1 fully saturated rings. The van der Waals surface area contributed by atoms with E-state index in [0.29, 0.717) is 23.9 Å². The van der Waals surface area contributed by atoms with Gasteiger partial charge in [-0.15, -0.1) is 11.3 Å². The highest BCUT2D eigenvalue weighted by atomic mass is 127. The van der Waals surface area contributed by atoms with Crippen LogP contribution in [0.25, 0.3) is 0 Å². The zero-order valence-electron chi connectivity index (χ0n) is 16.5. The van der Waals surface area contributed by atoms with Crippen LogP contribution in [-0.2, 0) is 16.0 Å². The molecule has 1 aromatic carbocycles. The lowest BCUT2D eigenvalue weighted by molar-refractivity contribution is -0.153. The predicted octanol–water partition coefficient (Wildman–Crippen LogP) is 3.59. The van der Waals surface area contributed by atoms with Crippen LogP contribution < -0.4 is 4.74 Å². The number of nitrogens with zero attached hydrogens (tertiary/aromatic N) is 2. The van der Waals surface area contributed by atoms with Crippen molar-refractivity contribution in [2.75, 3.05) is 11.0 Å². The molecule has 0 bridgehead atoms. The summed E-state index contributed by atoms with van der Waals surface area (Å²) in [6, 6.07) is 7.66. The van der Waals surface area contributed by atoms with Crippen molar-refractivity contribution in [1.29, 1.82) is 0 Å². The normalized spacial score (nSPS) is 24.3. The molecule has 4 atom stereocenters. The Kier molecular flexibility index (Phi) is 6.15. The first-order valence-electron chi connectivity index (χ1n) is 9.75. The molecule has 2 aliphatic rings. The van der Waals surface area contributed by atoms with Crippen molar-refractivity contribution in [2.24, 2.45) is 5.92 Å². The van der Waals surface area contributed by atoms with Crippen molar-refractivity contribution in [2.45, 2.75) is 50.7 Å². The number of fused-ring (bicyclic) bond motifs is 3. The van der Waals surface area contributed by atoms with Crippen molar-refractivity contribution in [1.82, 2.24) is 9.88 Å². The number of ether oxygens (including phenoxy) is 2. The molecule has 29 heavy (non-hydrogen) atoms. The van der Waals surface area contributed by atoms with Gasteiger partial charge in [-0.3, -0.25) is 9.78 Å². The molecule has 1 saturated heterocycles. The molecule has 0 radical (unpaired) electrons. The summed E-state index contributed by atoms with van der Waals surface area (Å²) in [5, 5.41) is 10.3. The Balaban J connectivity index is 1.68. The minimum absolute atomic E-state index is 0.0107. The Hall–Kier alpha value is -1.23. The van der Waals surface area contributed by atoms with Crippen LogP contribution in [0, 0.1) is 5.92 Å². The molecule has 2 aromatic rings. The second-order valence-corrected chi connectivity index (χ2v) is 9.87. The number of carbonyl (C=O) groups is 1. The van der Waals surface area contributed by atoms with E-state index >= 15 is 0 Å². The van der Waals surface area contributed by atoms with Gasteiger partial charge in [0.1, 0.15) is 24.2 Å². The van der Waals surface area contributed by atoms with Gasteiger partial charge < -0.3 is 19.5 Å². The fourth-order valence-corrected chi connectivity index (χ4v) is 5.37. The molecular weight excluding hydrogens is 503 g/mol. The molecule has 8 heteroatoms. The zero-order valence-corrected chi connectivity index (χ0v) is 19.4. The van der Waals surface area contributed by atoms with E-state index in [1.54, 1.807) is 23.0 Å². The number of rotatable bonds is 6. The molecule has 156 valence electrons. The van der Waals surface area contributed by atoms with E-state index in [1.165, 1.54) is 0 Å². The molecule has 1 aromatic heterocycles. The average molecular weight is 528 g/mol. The maximum absolute atomic E-state index is 13.9. The van der Waals surface area contributed by atoms with Gasteiger partial charge in [-0.2, -0.15) is 0 Å². The summed E-state index contributed by atoms with van der Waals surface area (Å²) in [7, 11) is 0. The van der Waals surface area contributed by atoms with Gasteiger partial charge in [0.2, 0.25) is 5.91 Å². The molecular formula is C21H25IN2O4S. The third kappa shape index (κ3) is 4.17. The summed E-state index contributed by atoms with van der Waals surface area (Å²) in [6.07, 6.45) is 2.06. The Morgan fingerprint density at radius 3 is 2.97 bits per heavy atom. The van der Waals surface area contributed by atoms with Crippen LogP contribution in [0.5, 0.6) is 5.75 Å². The number of hydrogen-bond acceptors (Lipinski definition) is 6. The number of carbonyl (C=O) groups excluding carboxylic acids is 1. The van der Waals surface area contributed by atoms with Crippen LogP contribution in [0.15, 0.2) is 36.0 Å². The van der Waals surface area contributed by atoms with E-state index < -0.39 is 11.8 Å². The Labute approximate surface area is 188 Å². The van der Waals surface area contributed by atoms with Crippen molar-refractivity contribution in [3.63, 3.8) is 0 Å². The van der Waals surface area contributed by atoms with Crippen molar-refractivity contribution in [3.8, 4) is 5.75 Å². The molecule has 0 spiro atoms. The first-order chi connectivity index (χ1) is 13.9. The van der Waals surface area contributed by atoms with Gasteiger partial charge in [0.25, 0.3) is 0 Å². The van der Waals surface area contributed by atoms with Crippen molar-refractivity contribution < 1.29 is 19.4 Å². The maximum Gasteiger partial charge on any atom is 0.228 e. The summed E-state index contributed by atoms with van der Waals surface area (Å²) >= 11 is 3.70.